The third-order valence-electron chi connectivity index (χ3n) is 5.86. The van der Waals surface area contributed by atoms with Gasteiger partial charge >= 0.3 is 0 Å². The number of hydrogen-bond donors (Lipinski definition) is 1. The molecule has 0 radical (unpaired) electrons. The van der Waals surface area contributed by atoms with Crippen molar-refractivity contribution in [2.75, 3.05) is 43.4 Å². The maximum Gasteiger partial charge on any atom is 0.147 e. The second kappa shape index (κ2) is 8.70. The summed E-state index contributed by atoms with van der Waals surface area (Å²) in [5, 5.41) is 3.16. The smallest absolute Gasteiger partial charge is 0.147 e. The van der Waals surface area contributed by atoms with Crippen molar-refractivity contribution in [2.24, 2.45) is 0 Å². The number of anilines is 2. The van der Waals surface area contributed by atoms with Crippen LogP contribution >= 0.6 is 0 Å². The topological polar surface area (TPSA) is 57.2 Å². The molecular formula is C25H26N6. The van der Waals surface area contributed by atoms with Crippen molar-refractivity contribution in [3.63, 3.8) is 0 Å². The molecule has 2 aromatic carbocycles. The highest BCUT2D eigenvalue weighted by atomic mass is 15.3. The molecule has 156 valence electrons. The zero-order chi connectivity index (χ0) is 21.0. The van der Waals surface area contributed by atoms with Crippen LogP contribution in [0.5, 0.6) is 0 Å². The molecule has 6 nitrogen and oxygen atoms in total. The van der Waals surface area contributed by atoms with Gasteiger partial charge in [-0.1, -0.05) is 24.3 Å². The van der Waals surface area contributed by atoms with Crippen molar-refractivity contribution in [2.45, 2.75) is 6.54 Å². The van der Waals surface area contributed by atoms with E-state index in [1.165, 1.54) is 11.1 Å². The van der Waals surface area contributed by atoms with Crippen LogP contribution in [0, 0.1) is 0 Å². The SMILES string of the molecule is CNc1ccc(-c2ccc3ncc(N4CCN(Cc5cccnc5)CC4)nc3c2)cc1. The van der Waals surface area contributed by atoms with Crippen molar-refractivity contribution >= 4 is 22.5 Å². The fourth-order valence-corrected chi connectivity index (χ4v) is 4.05. The maximum atomic E-state index is 4.95. The first-order chi connectivity index (χ1) is 15.3. The maximum absolute atomic E-state index is 4.95. The monoisotopic (exact) mass is 410 g/mol. The fraction of sp³-hybridized carbons (Fsp3) is 0.240. The van der Waals surface area contributed by atoms with E-state index in [0.29, 0.717) is 0 Å². The highest BCUT2D eigenvalue weighted by molar-refractivity contribution is 5.82. The van der Waals surface area contributed by atoms with E-state index in [0.717, 1.165) is 60.8 Å². The van der Waals surface area contributed by atoms with E-state index in [4.69, 9.17) is 4.98 Å². The Morgan fingerprint density at radius 2 is 1.68 bits per heavy atom. The Bertz CT molecular complexity index is 1150. The van der Waals surface area contributed by atoms with Gasteiger partial charge in [0.2, 0.25) is 0 Å². The molecule has 0 atom stereocenters. The van der Waals surface area contributed by atoms with Gasteiger partial charge in [0.1, 0.15) is 5.82 Å². The van der Waals surface area contributed by atoms with Crippen molar-refractivity contribution in [1.29, 1.82) is 0 Å². The minimum absolute atomic E-state index is 0.926. The summed E-state index contributed by atoms with van der Waals surface area (Å²) < 4.78 is 0. The Balaban J connectivity index is 1.31. The van der Waals surface area contributed by atoms with E-state index in [2.05, 4.69) is 73.6 Å². The molecule has 2 aromatic heterocycles. The van der Waals surface area contributed by atoms with Gasteiger partial charge in [0.25, 0.3) is 0 Å². The summed E-state index contributed by atoms with van der Waals surface area (Å²) in [5.74, 6) is 0.955. The summed E-state index contributed by atoms with van der Waals surface area (Å²) in [6.45, 7) is 4.86. The molecule has 1 fully saturated rings. The van der Waals surface area contributed by atoms with Crippen LogP contribution in [-0.4, -0.2) is 53.1 Å². The Labute approximate surface area is 182 Å². The zero-order valence-electron chi connectivity index (χ0n) is 17.7. The normalized spacial score (nSPS) is 14.7. The predicted molar refractivity (Wildman–Crippen MR) is 126 cm³/mol. The summed E-state index contributed by atoms with van der Waals surface area (Å²) >= 11 is 0. The molecule has 4 aromatic rings. The summed E-state index contributed by atoms with van der Waals surface area (Å²) in [5.41, 5.74) is 6.56. The Morgan fingerprint density at radius 3 is 2.42 bits per heavy atom. The Hall–Kier alpha value is -3.51. The molecular weight excluding hydrogens is 384 g/mol. The standard InChI is InChI=1S/C25H26N6/c1-26-22-7-4-20(5-8-22)21-6-9-23-24(15-21)29-25(17-28-23)31-13-11-30(12-14-31)18-19-3-2-10-27-16-19/h2-10,15-17,26H,11-14,18H2,1H3. The minimum atomic E-state index is 0.926. The van der Waals surface area contributed by atoms with Crippen molar-refractivity contribution in [3.05, 3.63) is 78.8 Å². The van der Waals surface area contributed by atoms with Gasteiger partial charge in [0, 0.05) is 57.9 Å². The van der Waals surface area contributed by atoms with Gasteiger partial charge in [-0.05, 0) is 47.0 Å². The van der Waals surface area contributed by atoms with Gasteiger partial charge in [-0.3, -0.25) is 14.9 Å². The lowest BCUT2D eigenvalue weighted by Crippen LogP contribution is -2.46. The molecule has 0 unspecified atom stereocenters. The van der Waals surface area contributed by atoms with Crippen LogP contribution in [0.25, 0.3) is 22.2 Å². The number of nitrogens with zero attached hydrogens (tertiary/aromatic N) is 5. The van der Waals surface area contributed by atoms with E-state index in [-0.39, 0.29) is 0 Å². The van der Waals surface area contributed by atoms with E-state index >= 15 is 0 Å². The van der Waals surface area contributed by atoms with E-state index in [9.17, 15) is 0 Å². The third-order valence-corrected chi connectivity index (χ3v) is 5.86. The van der Waals surface area contributed by atoms with Gasteiger partial charge in [-0.25, -0.2) is 4.98 Å². The predicted octanol–water partition coefficient (Wildman–Crippen LogP) is 4.06. The average Bonchev–Trinajstić information content (AvgIpc) is 2.84. The lowest BCUT2D eigenvalue weighted by molar-refractivity contribution is 0.249. The first kappa shape index (κ1) is 19.5. The Morgan fingerprint density at radius 1 is 0.871 bits per heavy atom. The number of nitrogens with one attached hydrogen (secondary N) is 1. The van der Waals surface area contributed by atoms with Crippen LogP contribution in [0.1, 0.15) is 5.56 Å². The van der Waals surface area contributed by atoms with E-state index in [1.54, 1.807) is 0 Å². The van der Waals surface area contributed by atoms with Gasteiger partial charge in [-0.15, -0.1) is 0 Å². The lowest BCUT2D eigenvalue weighted by Gasteiger charge is -2.35. The second-order valence-electron chi connectivity index (χ2n) is 7.88. The number of fused-ring (bicyclic) bond motifs is 1. The average molecular weight is 411 g/mol. The lowest BCUT2D eigenvalue weighted by atomic mass is 10.0. The molecule has 1 aliphatic rings. The highest BCUT2D eigenvalue weighted by Crippen LogP contribution is 2.25. The second-order valence-corrected chi connectivity index (χ2v) is 7.88. The van der Waals surface area contributed by atoms with E-state index < -0.39 is 0 Å². The molecule has 0 amide bonds. The zero-order valence-corrected chi connectivity index (χ0v) is 17.7. The number of rotatable bonds is 5. The molecule has 0 bridgehead atoms. The van der Waals surface area contributed by atoms with Crippen LogP contribution in [0.15, 0.2) is 73.2 Å². The first-order valence-corrected chi connectivity index (χ1v) is 10.7. The van der Waals surface area contributed by atoms with Gasteiger partial charge in [-0.2, -0.15) is 0 Å². The number of piperazine rings is 1. The summed E-state index contributed by atoms with van der Waals surface area (Å²) in [6, 6.07) is 18.9. The highest BCUT2D eigenvalue weighted by Gasteiger charge is 2.19. The van der Waals surface area contributed by atoms with Gasteiger partial charge < -0.3 is 10.2 Å². The minimum Gasteiger partial charge on any atom is -0.388 e. The molecule has 1 N–H and O–H groups in total. The molecule has 5 rings (SSSR count). The summed E-state index contributed by atoms with van der Waals surface area (Å²) in [4.78, 5) is 18.6. The van der Waals surface area contributed by atoms with Gasteiger partial charge in [0.15, 0.2) is 0 Å². The number of benzene rings is 2. The van der Waals surface area contributed by atoms with Crippen LogP contribution < -0.4 is 10.2 Å². The molecule has 3 heterocycles. The first-order valence-electron chi connectivity index (χ1n) is 10.7. The largest absolute Gasteiger partial charge is 0.388 e. The molecule has 1 saturated heterocycles. The van der Waals surface area contributed by atoms with Crippen molar-refractivity contribution in [3.8, 4) is 11.1 Å². The van der Waals surface area contributed by atoms with Crippen LogP contribution in [-0.2, 0) is 6.54 Å². The number of pyridine rings is 1. The number of hydrogen-bond acceptors (Lipinski definition) is 6. The molecule has 6 heteroatoms. The fourth-order valence-electron chi connectivity index (χ4n) is 4.05. The van der Waals surface area contributed by atoms with E-state index in [1.807, 2.05) is 31.7 Å². The Kier molecular flexibility index (Phi) is 5.46. The molecule has 0 aliphatic carbocycles. The van der Waals surface area contributed by atoms with Crippen LogP contribution in [0.4, 0.5) is 11.5 Å². The quantitative estimate of drug-likeness (QED) is 0.536. The third kappa shape index (κ3) is 4.34. The molecule has 1 aliphatic heterocycles. The van der Waals surface area contributed by atoms with Crippen molar-refractivity contribution in [1.82, 2.24) is 19.9 Å². The molecule has 0 spiro atoms. The summed E-state index contributed by atoms with van der Waals surface area (Å²) in [6.07, 6.45) is 5.67. The molecule has 31 heavy (non-hydrogen) atoms. The van der Waals surface area contributed by atoms with Crippen molar-refractivity contribution < 1.29 is 0 Å². The molecule has 0 saturated carbocycles. The summed E-state index contributed by atoms with van der Waals surface area (Å²) in [7, 11) is 1.93. The number of aromatic nitrogens is 3. The van der Waals surface area contributed by atoms with Gasteiger partial charge in [0.05, 0.1) is 17.2 Å². The van der Waals surface area contributed by atoms with Crippen LogP contribution in [0.3, 0.4) is 0 Å². The van der Waals surface area contributed by atoms with Crippen LogP contribution in [0.2, 0.25) is 0 Å².